The molecule has 164 valence electrons. The molecule has 0 saturated carbocycles. The number of rotatable bonds is 7. The zero-order valence-corrected chi connectivity index (χ0v) is 17.9. The van der Waals surface area contributed by atoms with Gasteiger partial charge in [0.15, 0.2) is 12.4 Å². The number of amides is 3. The fraction of sp³-hybridized carbons (Fsp3) is 0.227. The second kappa shape index (κ2) is 10.1. The lowest BCUT2D eigenvalue weighted by Crippen LogP contribution is -2.64. The molecule has 0 aliphatic carbocycles. The minimum atomic E-state index is -1.33. The number of nitrogens with one attached hydrogen (secondary N) is 1. The SMILES string of the molecule is CN1C(=O)NC(=O)C(C(=O)COC(=O)c2ccccc2SCc2ccc(C#N)cc2)C1N. The third-order valence-electron chi connectivity index (χ3n) is 4.90. The van der Waals surface area contributed by atoms with Gasteiger partial charge >= 0.3 is 12.0 Å². The van der Waals surface area contributed by atoms with Gasteiger partial charge in [-0.25, -0.2) is 9.59 Å². The summed E-state index contributed by atoms with van der Waals surface area (Å²) in [4.78, 5) is 50.4. The van der Waals surface area contributed by atoms with Gasteiger partial charge in [-0.1, -0.05) is 24.3 Å². The molecule has 2 atom stereocenters. The van der Waals surface area contributed by atoms with Crippen LogP contribution in [0.15, 0.2) is 53.4 Å². The first-order chi connectivity index (χ1) is 15.3. The van der Waals surface area contributed by atoms with Gasteiger partial charge in [-0.2, -0.15) is 5.26 Å². The number of nitrogens with two attached hydrogens (primary N) is 1. The third kappa shape index (κ3) is 5.14. The maximum Gasteiger partial charge on any atom is 0.339 e. The van der Waals surface area contributed by atoms with Crippen LogP contribution in [0.25, 0.3) is 0 Å². The molecule has 1 aliphatic rings. The highest BCUT2D eigenvalue weighted by molar-refractivity contribution is 7.98. The van der Waals surface area contributed by atoms with Gasteiger partial charge in [0.1, 0.15) is 12.1 Å². The summed E-state index contributed by atoms with van der Waals surface area (Å²) in [5, 5.41) is 10.9. The highest BCUT2D eigenvalue weighted by Gasteiger charge is 2.42. The number of carbonyl (C=O) groups excluding carboxylic acids is 4. The Hall–Kier alpha value is -3.68. The molecule has 3 rings (SSSR count). The molecule has 1 aliphatic heterocycles. The van der Waals surface area contributed by atoms with Crippen molar-refractivity contribution >= 4 is 35.5 Å². The largest absolute Gasteiger partial charge is 0.454 e. The van der Waals surface area contributed by atoms with E-state index in [1.165, 1.54) is 18.8 Å². The van der Waals surface area contributed by atoms with E-state index < -0.39 is 42.4 Å². The molecule has 0 radical (unpaired) electrons. The highest BCUT2D eigenvalue weighted by atomic mass is 32.2. The Balaban J connectivity index is 1.63. The maximum absolute atomic E-state index is 12.6. The fourth-order valence-corrected chi connectivity index (χ4v) is 4.02. The summed E-state index contributed by atoms with van der Waals surface area (Å²) in [6.45, 7) is -0.652. The van der Waals surface area contributed by atoms with Gasteiger partial charge < -0.3 is 15.4 Å². The second-order valence-corrected chi connectivity index (χ2v) is 8.03. The molecular formula is C22H20N4O5S. The number of imide groups is 1. The first-order valence-corrected chi connectivity index (χ1v) is 10.5. The van der Waals surface area contributed by atoms with Crippen molar-refractivity contribution in [1.29, 1.82) is 5.26 Å². The number of hydrogen-bond donors (Lipinski definition) is 2. The molecule has 32 heavy (non-hydrogen) atoms. The number of ketones is 1. The van der Waals surface area contributed by atoms with Crippen LogP contribution in [0.4, 0.5) is 4.79 Å². The number of esters is 1. The number of Topliss-reactive ketones (excluding diaryl/α,β-unsaturated/α-hetero) is 1. The number of nitrogens with zero attached hydrogens (tertiary/aromatic N) is 2. The van der Waals surface area contributed by atoms with E-state index >= 15 is 0 Å². The van der Waals surface area contributed by atoms with Crippen molar-refractivity contribution < 1.29 is 23.9 Å². The van der Waals surface area contributed by atoms with Crippen LogP contribution in [0.3, 0.4) is 0 Å². The molecule has 2 aromatic rings. The van der Waals surface area contributed by atoms with Crippen LogP contribution in [0, 0.1) is 17.2 Å². The van der Waals surface area contributed by atoms with E-state index in [-0.39, 0.29) is 5.56 Å². The fourth-order valence-electron chi connectivity index (χ4n) is 3.02. The highest BCUT2D eigenvalue weighted by Crippen LogP contribution is 2.27. The second-order valence-electron chi connectivity index (χ2n) is 7.01. The van der Waals surface area contributed by atoms with Gasteiger partial charge in [-0.15, -0.1) is 11.8 Å². The van der Waals surface area contributed by atoms with Crippen molar-refractivity contribution in [2.75, 3.05) is 13.7 Å². The summed E-state index contributed by atoms with van der Waals surface area (Å²) < 4.78 is 5.15. The van der Waals surface area contributed by atoms with Crippen molar-refractivity contribution in [3.8, 4) is 6.07 Å². The Labute approximate surface area is 188 Å². The number of urea groups is 1. The number of hydrogen-bond acceptors (Lipinski definition) is 8. The van der Waals surface area contributed by atoms with Gasteiger partial charge in [-0.05, 0) is 29.8 Å². The van der Waals surface area contributed by atoms with E-state index in [9.17, 15) is 19.2 Å². The normalized spacial score (nSPS) is 18.0. The summed E-state index contributed by atoms with van der Waals surface area (Å²) in [5.74, 6) is -3.00. The summed E-state index contributed by atoms with van der Waals surface area (Å²) in [5.41, 5.74) is 7.64. The van der Waals surface area contributed by atoms with Gasteiger partial charge in [-0.3, -0.25) is 14.9 Å². The average Bonchev–Trinajstić information content (AvgIpc) is 2.80. The molecule has 9 nitrogen and oxygen atoms in total. The van der Waals surface area contributed by atoms with Gasteiger partial charge in [0.2, 0.25) is 5.91 Å². The molecule has 0 aromatic heterocycles. The van der Waals surface area contributed by atoms with E-state index in [2.05, 4.69) is 6.07 Å². The summed E-state index contributed by atoms with van der Waals surface area (Å²) in [6, 6.07) is 15.3. The summed E-state index contributed by atoms with van der Waals surface area (Å²) in [7, 11) is 1.36. The molecule has 1 saturated heterocycles. The monoisotopic (exact) mass is 452 g/mol. The molecular weight excluding hydrogens is 432 g/mol. The number of ether oxygens (including phenoxy) is 1. The first-order valence-electron chi connectivity index (χ1n) is 9.55. The number of benzene rings is 2. The first kappa shape index (κ1) is 23.0. The molecule has 1 fully saturated rings. The number of carbonyl (C=O) groups is 4. The Morgan fingerprint density at radius 3 is 2.56 bits per heavy atom. The van der Waals surface area contributed by atoms with Crippen LogP contribution in [0.5, 0.6) is 0 Å². The minimum absolute atomic E-state index is 0.281. The van der Waals surface area contributed by atoms with Crippen LogP contribution in [0.2, 0.25) is 0 Å². The molecule has 3 N–H and O–H groups in total. The molecule has 0 spiro atoms. The number of thioether (sulfide) groups is 1. The average molecular weight is 452 g/mol. The van der Waals surface area contributed by atoms with E-state index in [1.54, 1.807) is 36.4 Å². The van der Waals surface area contributed by atoms with Crippen molar-refractivity contribution in [2.45, 2.75) is 16.8 Å². The summed E-state index contributed by atoms with van der Waals surface area (Å²) in [6.07, 6.45) is -1.14. The third-order valence-corrected chi connectivity index (χ3v) is 6.04. The van der Waals surface area contributed by atoms with E-state index in [1.807, 2.05) is 17.4 Å². The lowest BCUT2D eigenvalue weighted by Gasteiger charge is -2.34. The quantitative estimate of drug-likeness (QED) is 0.367. The minimum Gasteiger partial charge on any atom is -0.454 e. The van der Waals surface area contributed by atoms with Crippen LogP contribution in [0.1, 0.15) is 21.5 Å². The maximum atomic E-state index is 12.6. The van der Waals surface area contributed by atoms with E-state index in [4.69, 9.17) is 15.7 Å². The Morgan fingerprint density at radius 1 is 1.19 bits per heavy atom. The standard InChI is InChI=1S/C22H20N4O5S/c1-26-19(24)18(20(28)25-22(26)30)16(27)11-31-21(29)15-4-2-3-5-17(15)32-12-14-8-6-13(10-23)7-9-14/h2-9,18-19H,11-12,24H2,1H3,(H,25,28,30). The van der Waals surface area contributed by atoms with Crippen LogP contribution in [-0.2, 0) is 20.1 Å². The van der Waals surface area contributed by atoms with Gasteiger partial charge in [0.05, 0.1) is 17.2 Å². The molecule has 1 heterocycles. The zero-order valence-electron chi connectivity index (χ0n) is 17.1. The predicted octanol–water partition coefficient (Wildman–Crippen LogP) is 1.66. The van der Waals surface area contributed by atoms with E-state index in [0.29, 0.717) is 16.2 Å². The van der Waals surface area contributed by atoms with Gasteiger partial charge in [0.25, 0.3) is 0 Å². The van der Waals surface area contributed by atoms with Crippen molar-refractivity contribution in [2.24, 2.45) is 11.7 Å². The number of nitriles is 1. The van der Waals surface area contributed by atoms with Crippen molar-refractivity contribution in [3.63, 3.8) is 0 Å². The van der Waals surface area contributed by atoms with Gasteiger partial charge in [0, 0.05) is 17.7 Å². The molecule has 2 unspecified atom stereocenters. The Morgan fingerprint density at radius 2 is 1.88 bits per heavy atom. The summed E-state index contributed by atoms with van der Waals surface area (Å²) >= 11 is 1.41. The lowest BCUT2D eigenvalue weighted by atomic mass is 9.97. The molecule has 0 bridgehead atoms. The Kier molecular flexibility index (Phi) is 7.25. The van der Waals surface area contributed by atoms with E-state index in [0.717, 1.165) is 10.5 Å². The van der Waals surface area contributed by atoms with Crippen molar-refractivity contribution in [1.82, 2.24) is 10.2 Å². The van der Waals surface area contributed by atoms with Crippen LogP contribution >= 0.6 is 11.8 Å². The topological polar surface area (TPSA) is 143 Å². The molecule has 3 amide bonds. The lowest BCUT2D eigenvalue weighted by molar-refractivity contribution is -0.139. The van der Waals surface area contributed by atoms with Crippen molar-refractivity contribution in [3.05, 3.63) is 65.2 Å². The predicted molar refractivity (Wildman–Crippen MR) is 115 cm³/mol. The Bertz CT molecular complexity index is 1100. The smallest absolute Gasteiger partial charge is 0.339 e. The van der Waals surface area contributed by atoms with Crippen LogP contribution in [-0.4, -0.2) is 48.4 Å². The molecule has 10 heteroatoms. The van der Waals surface area contributed by atoms with Crippen LogP contribution < -0.4 is 11.1 Å². The zero-order chi connectivity index (χ0) is 23.3. The molecule has 2 aromatic carbocycles.